The molecular formula is C17H16N2O5. The van der Waals surface area contributed by atoms with Crippen molar-refractivity contribution >= 4 is 11.7 Å². The zero-order chi connectivity index (χ0) is 17.3. The molecule has 0 aliphatic heterocycles. The lowest BCUT2D eigenvalue weighted by molar-refractivity contribution is -0.384. The Kier molecular flexibility index (Phi) is 3.94. The second-order valence-electron chi connectivity index (χ2n) is 5.92. The lowest BCUT2D eigenvalue weighted by atomic mass is 9.78. The molecule has 2 aromatic rings. The van der Waals surface area contributed by atoms with Crippen molar-refractivity contribution in [1.29, 1.82) is 0 Å². The van der Waals surface area contributed by atoms with Crippen molar-refractivity contribution in [2.24, 2.45) is 5.73 Å². The maximum Gasteiger partial charge on any atom is 0.324 e. The van der Waals surface area contributed by atoms with Crippen LogP contribution in [0.25, 0.3) is 0 Å². The molecule has 1 aliphatic carbocycles. The summed E-state index contributed by atoms with van der Waals surface area (Å²) in [6.45, 7) is 0. The van der Waals surface area contributed by atoms with Crippen LogP contribution in [0.15, 0.2) is 42.5 Å². The molecule has 0 fully saturated rings. The first-order chi connectivity index (χ1) is 11.4. The molecule has 0 saturated carbocycles. The van der Waals surface area contributed by atoms with Crippen molar-refractivity contribution in [3.8, 4) is 11.5 Å². The number of nitrogens with zero attached hydrogens (tertiary/aromatic N) is 1. The number of hydrogen-bond donors (Lipinski definition) is 2. The summed E-state index contributed by atoms with van der Waals surface area (Å²) in [5.74, 6) is 0.000637. The Bertz CT molecular complexity index is 803. The van der Waals surface area contributed by atoms with Gasteiger partial charge in [-0.3, -0.25) is 14.9 Å². The average molecular weight is 328 g/mol. The Labute approximate surface area is 137 Å². The highest BCUT2D eigenvalue weighted by molar-refractivity contribution is 5.79. The van der Waals surface area contributed by atoms with Crippen molar-refractivity contribution < 1.29 is 19.6 Å². The number of hydrogen-bond acceptors (Lipinski definition) is 5. The molecule has 1 unspecified atom stereocenters. The van der Waals surface area contributed by atoms with Gasteiger partial charge in [-0.15, -0.1) is 0 Å². The van der Waals surface area contributed by atoms with Crippen LogP contribution in [0.1, 0.15) is 17.5 Å². The highest BCUT2D eigenvalue weighted by Crippen LogP contribution is 2.32. The minimum atomic E-state index is -1.25. The first kappa shape index (κ1) is 15.9. The molecule has 24 heavy (non-hydrogen) atoms. The van der Waals surface area contributed by atoms with E-state index in [9.17, 15) is 20.0 Å². The topological polar surface area (TPSA) is 116 Å². The number of aryl methyl sites for hydroxylation is 1. The van der Waals surface area contributed by atoms with Gasteiger partial charge in [0.1, 0.15) is 17.0 Å². The number of carboxylic acid groups (broad SMARTS) is 1. The summed E-state index contributed by atoms with van der Waals surface area (Å²) in [6, 6.07) is 11.2. The molecule has 0 radical (unpaired) electrons. The standard InChI is InChI=1S/C17H16N2O5/c18-17(16(20)21)8-7-11-1-4-15(9-12(11)10-17)24-14-5-2-13(3-6-14)19(22)23/h1-6,9H,7-8,10,18H2,(H,20,21). The van der Waals surface area contributed by atoms with Gasteiger partial charge in [0.15, 0.2) is 0 Å². The van der Waals surface area contributed by atoms with Crippen LogP contribution >= 0.6 is 0 Å². The molecule has 1 atom stereocenters. The zero-order valence-electron chi connectivity index (χ0n) is 12.8. The summed E-state index contributed by atoms with van der Waals surface area (Å²) in [7, 11) is 0. The van der Waals surface area contributed by atoms with Crippen molar-refractivity contribution in [2.75, 3.05) is 0 Å². The number of ether oxygens (including phenoxy) is 1. The van der Waals surface area contributed by atoms with Gasteiger partial charge in [-0.25, -0.2) is 0 Å². The van der Waals surface area contributed by atoms with E-state index in [0.29, 0.717) is 24.3 Å². The molecule has 0 spiro atoms. The van der Waals surface area contributed by atoms with E-state index in [2.05, 4.69) is 0 Å². The van der Waals surface area contributed by atoms with Gasteiger partial charge < -0.3 is 15.6 Å². The van der Waals surface area contributed by atoms with E-state index in [1.165, 1.54) is 24.3 Å². The SMILES string of the molecule is NC1(C(=O)O)CCc2ccc(Oc3ccc([N+](=O)[O-])cc3)cc2C1. The predicted octanol–water partition coefficient (Wildman–Crippen LogP) is 2.66. The number of rotatable bonds is 4. The van der Waals surface area contributed by atoms with E-state index < -0.39 is 16.4 Å². The fourth-order valence-corrected chi connectivity index (χ4v) is 2.81. The summed E-state index contributed by atoms with van der Waals surface area (Å²) in [6.07, 6.45) is 1.25. The number of fused-ring (bicyclic) bond motifs is 1. The number of nitrogens with two attached hydrogens (primary N) is 1. The Morgan fingerprint density at radius 1 is 1.17 bits per heavy atom. The van der Waals surface area contributed by atoms with Crippen molar-refractivity contribution in [3.63, 3.8) is 0 Å². The van der Waals surface area contributed by atoms with E-state index in [4.69, 9.17) is 10.5 Å². The molecule has 0 heterocycles. The monoisotopic (exact) mass is 328 g/mol. The van der Waals surface area contributed by atoms with Gasteiger partial charge in [0.25, 0.3) is 5.69 Å². The zero-order valence-corrected chi connectivity index (χ0v) is 12.8. The predicted molar refractivity (Wildman–Crippen MR) is 86.2 cm³/mol. The third-order valence-corrected chi connectivity index (χ3v) is 4.23. The summed E-state index contributed by atoms with van der Waals surface area (Å²) in [5, 5.41) is 19.9. The molecule has 3 N–H and O–H groups in total. The second-order valence-corrected chi connectivity index (χ2v) is 5.92. The summed E-state index contributed by atoms with van der Waals surface area (Å²) < 4.78 is 5.70. The molecule has 1 aliphatic rings. The number of carboxylic acids is 1. The lowest BCUT2D eigenvalue weighted by Gasteiger charge is -2.30. The minimum absolute atomic E-state index is 0.0119. The van der Waals surface area contributed by atoms with Gasteiger partial charge in [0.2, 0.25) is 0 Å². The van der Waals surface area contributed by atoms with Crippen LogP contribution in [-0.4, -0.2) is 21.5 Å². The molecule has 0 aromatic heterocycles. The van der Waals surface area contributed by atoms with E-state index in [0.717, 1.165) is 11.1 Å². The second kappa shape index (κ2) is 5.93. The van der Waals surface area contributed by atoms with Crippen molar-refractivity contribution in [2.45, 2.75) is 24.8 Å². The molecule has 3 rings (SSSR count). The summed E-state index contributed by atoms with van der Waals surface area (Å²) >= 11 is 0. The highest BCUT2D eigenvalue weighted by atomic mass is 16.6. The van der Waals surface area contributed by atoms with Crippen molar-refractivity contribution in [3.05, 3.63) is 63.7 Å². The molecular weight excluding hydrogens is 312 g/mol. The number of non-ortho nitro benzene ring substituents is 1. The lowest BCUT2D eigenvalue weighted by Crippen LogP contribution is -2.52. The van der Waals surface area contributed by atoms with Gasteiger partial charge in [0, 0.05) is 18.6 Å². The van der Waals surface area contributed by atoms with E-state index in [1.54, 1.807) is 12.1 Å². The number of nitro benzene ring substituents is 1. The molecule has 2 aromatic carbocycles. The first-order valence-corrected chi connectivity index (χ1v) is 7.44. The normalized spacial score (nSPS) is 19.4. The quantitative estimate of drug-likeness (QED) is 0.658. The fraction of sp³-hybridized carbons (Fsp3) is 0.235. The van der Waals surface area contributed by atoms with Crippen molar-refractivity contribution in [1.82, 2.24) is 0 Å². The average Bonchev–Trinajstić information content (AvgIpc) is 2.55. The number of aliphatic carboxylic acids is 1. The largest absolute Gasteiger partial charge is 0.480 e. The first-order valence-electron chi connectivity index (χ1n) is 7.44. The van der Waals surface area contributed by atoms with Crippen LogP contribution in [0.5, 0.6) is 11.5 Å². The van der Waals surface area contributed by atoms with E-state index >= 15 is 0 Å². The third kappa shape index (κ3) is 3.07. The number of nitro groups is 1. The van der Waals surface area contributed by atoms with Gasteiger partial charge in [0.05, 0.1) is 4.92 Å². The van der Waals surface area contributed by atoms with E-state index in [1.807, 2.05) is 6.07 Å². The molecule has 0 bridgehead atoms. The van der Waals surface area contributed by atoms with Gasteiger partial charge in [-0.2, -0.15) is 0 Å². The summed E-state index contributed by atoms with van der Waals surface area (Å²) in [4.78, 5) is 21.5. The van der Waals surface area contributed by atoms with Gasteiger partial charge in [-0.1, -0.05) is 6.07 Å². The van der Waals surface area contributed by atoms with Crippen LogP contribution < -0.4 is 10.5 Å². The Balaban J connectivity index is 1.81. The number of benzene rings is 2. The Morgan fingerprint density at radius 3 is 2.46 bits per heavy atom. The maximum absolute atomic E-state index is 11.3. The minimum Gasteiger partial charge on any atom is -0.480 e. The van der Waals surface area contributed by atoms with Gasteiger partial charge in [-0.05, 0) is 48.2 Å². The third-order valence-electron chi connectivity index (χ3n) is 4.23. The molecule has 124 valence electrons. The number of carbonyl (C=O) groups is 1. The molecule has 7 nitrogen and oxygen atoms in total. The Morgan fingerprint density at radius 2 is 1.83 bits per heavy atom. The molecule has 0 saturated heterocycles. The fourth-order valence-electron chi connectivity index (χ4n) is 2.81. The highest BCUT2D eigenvalue weighted by Gasteiger charge is 2.37. The van der Waals surface area contributed by atoms with Crippen LogP contribution in [0.4, 0.5) is 5.69 Å². The van der Waals surface area contributed by atoms with Crippen LogP contribution in [0.3, 0.4) is 0 Å². The van der Waals surface area contributed by atoms with Crippen LogP contribution in [0, 0.1) is 10.1 Å². The van der Waals surface area contributed by atoms with Crippen LogP contribution in [-0.2, 0) is 17.6 Å². The summed E-state index contributed by atoms with van der Waals surface area (Å²) in [5.41, 5.74) is 6.61. The Hall–Kier alpha value is -2.93. The van der Waals surface area contributed by atoms with Crippen LogP contribution in [0.2, 0.25) is 0 Å². The smallest absolute Gasteiger partial charge is 0.324 e. The molecule has 0 amide bonds. The molecule has 7 heteroatoms. The van der Waals surface area contributed by atoms with E-state index in [-0.39, 0.29) is 12.1 Å². The van der Waals surface area contributed by atoms with Gasteiger partial charge >= 0.3 is 5.97 Å². The maximum atomic E-state index is 11.3.